The number of nitrogens with two attached hydrogens (primary N) is 1. The molecule has 2 unspecified atom stereocenters. The molecule has 3 rings (SSSR count). The molecule has 2 aliphatic heterocycles. The van der Waals surface area contributed by atoms with Crippen LogP contribution in [0.5, 0.6) is 0 Å². The Kier molecular flexibility index (Phi) is 3.10. The van der Waals surface area contributed by atoms with Gasteiger partial charge in [-0.3, -0.25) is 0 Å². The summed E-state index contributed by atoms with van der Waals surface area (Å²) in [6, 6.07) is 4.83. The molecule has 0 radical (unpaired) electrons. The molecule has 2 heterocycles. The third kappa shape index (κ3) is 2.07. The van der Waals surface area contributed by atoms with Crippen molar-refractivity contribution in [3.63, 3.8) is 0 Å². The molecule has 4 heteroatoms. The molecule has 2 saturated heterocycles. The van der Waals surface area contributed by atoms with Gasteiger partial charge in [-0.2, -0.15) is 0 Å². The fourth-order valence-corrected chi connectivity index (χ4v) is 3.95. The van der Waals surface area contributed by atoms with E-state index < -0.39 is 11.6 Å². The van der Waals surface area contributed by atoms with Gasteiger partial charge in [0.1, 0.15) is 11.6 Å². The van der Waals surface area contributed by atoms with E-state index in [0.717, 1.165) is 24.5 Å². The van der Waals surface area contributed by atoms with Crippen molar-refractivity contribution in [1.82, 2.24) is 4.90 Å². The van der Waals surface area contributed by atoms with E-state index in [4.69, 9.17) is 5.73 Å². The van der Waals surface area contributed by atoms with Crippen LogP contribution >= 0.6 is 0 Å². The van der Waals surface area contributed by atoms with Crippen LogP contribution in [0.25, 0.3) is 0 Å². The molecule has 0 aromatic heterocycles. The normalized spacial score (nSPS) is 34.7. The van der Waals surface area contributed by atoms with Gasteiger partial charge in [0.15, 0.2) is 0 Å². The maximum Gasteiger partial charge on any atom is 0.126 e. The van der Waals surface area contributed by atoms with Crippen molar-refractivity contribution in [1.29, 1.82) is 0 Å². The number of halogens is 2. The Labute approximate surface area is 112 Å². The van der Waals surface area contributed by atoms with Gasteiger partial charge >= 0.3 is 0 Å². The quantitative estimate of drug-likeness (QED) is 0.890. The molecule has 104 valence electrons. The number of rotatable bonds is 2. The smallest absolute Gasteiger partial charge is 0.126 e. The lowest BCUT2D eigenvalue weighted by Crippen LogP contribution is -2.51. The van der Waals surface area contributed by atoms with E-state index in [9.17, 15) is 8.78 Å². The summed E-state index contributed by atoms with van der Waals surface area (Å²) in [5.74, 6) is -1.01. The highest BCUT2D eigenvalue weighted by Crippen LogP contribution is 2.46. The number of nitrogens with zero attached hydrogens (tertiary/aromatic N) is 1. The summed E-state index contributed by atoms with van der Waals surface area (Å²) in [7, 11) is 2.15. The molecule has 2 fully saturated rings. The second-order valence-electron chi connectivity index (χ2n) is 6.10. The van der Waals surface area contributed by atoms with E-state index in [1.165, 1.54) is 25.0 Å². The van der Waals surface area contributed by atoms with Crippen molar-refractivity contribution in [3.05, 3.63) is 35.4 Å². The number of fused-ring (bicyclic) bond motifs is 2. The molecule has 0 spiro atoms. The maximum absolute atomic E-state index is 13.5. The molecule has 0 saturated carbocycles. The fraction of sp³-hybridized carbons (Fsp3) is 0.600. The first-order chi connectivity index (χ1) is 9.04. The zero-order valence-electron chi connectivity index (χ0n) is 11.2. The summed E-state index contributed by atoms with van der Waals surface area (Å²) in [6.07, 6.45) is 4.14. The Morgan fingerprint density at radius 3 is 2.16 bits per heavy atom. The Morgan fingerprint density at radius 1 is 1.16 bits per heavy atom. The topological polar surface area (TPSA) is 29.3 Å². The second-order valence-corrected chi connectivity index (χ2v) is 6.10. The first kappa shape index (κ1) is 13.0. The van der Waals surface area contributed by atoms with Crippen molar-refractivity contribution in [2.45, 2.75) is 43.2 Å². The zero-order valence-corrected chi connectivity index (χ0v) is 11.2. The third-order valence-electron chi connectivity index (χ3n) is 5.10. The molecule has 2 bridgehead atoms. The van der Waals surface area contributed by atoms with Crippen LogP contribution in [-0.4, -0.2) is 30.6 Å². The van der Waals surface area contributed by atoms with Crippen LogP contribution in [0.1, 0.15) is 31.2 Å². The van der Waals surface area contributed by atoms with E-state index in [1.54, 1.807) is 0 Å². The van der Waals surface area contributed by atoms with Crippen LogP contribution in [0, 0.1) is 11.6 Å². The van der Waals surface area contributed by atoms with Crippen LogP contribution in [0.15, 0.2) is 18.2 Å². The summed E-state index contributed by atoms with van der Waals surface area (Å²) in [5, 5.41) is 0. The van der Waals surface area contributed by atoms with Gasteiger partial charge in [-0.25, -0.2) is 8.78 Å². The first-order valence-corrected chi connectivity index (χ1v) is 6.93. The lowest BCUT2D eigenvalue weighted by atomic mass is 9.70. The van der Waals surface area contributed by atoms with Crippen molar-refractivity contribution < 1.29 is 8.78 Å². The molecule has 0 amide bonds. The molecule has 2 N–H and O–H groups in total. The summed E-state index contributed by atoms with van der Waals surface area (Å²) in [4.78, 5) is 2.41. The molecule has 2 atom stereocenters. The molecule has 1 aromatic carbocycles. The zero-order chi connectivity index (χ0) is 13.6. The number of benzene rings is 1. The average Bonchev–Trinajstić information content (AvgIpc) is 2.62. The molecule has 2 aliphatic rings. The van der Waals surface area contributed by atoms with Gasteiger partial charge in [0.05, 0.1) is 0 Å². The van der Waals surface area contributed by atoms with E-state index in [-0.39, 0.29) is 5.41 Å². The lowest BCUT2D eigenvalue weighted by Gasteiger charge is -2.45. The van der Waals surface area contributed by atoms with Gasteiger partial charge in [0, 0.05) is 30.1 Å². The van der Waals surface area contributed by atoms with Crippen molar-refractivity contribution >= 4 is 0 Å². The Balaban J connectivity index is 2.00. The Hall–Kier alpha value is -1.00. The highest BCUT2D eigenvalue weighted by molar-refractivity contribution is 5.30. The fourth-order valence-electron chi connectivity index (χ4n) is 3.95. The van der Waals surface area contributed by atoms with Crippen molar-refractivity contribution in [2.75, 3.05) is 13.6 Å². The van der Waals surface area contributed by atoms with Gasteiger partial charge in [-0.05, 0) is 50.4 Å². The number of hydrogen-bond acceptors (Lipinski definition) is 2. The van der Waals surface area contributed by atoms with Crippen LogP contribution in [-0.2, 0) is 5.41 Å². The largest absolute Gasteiger partial charge is 0.330 e. The summed E-state index contributed by atoms with van der Waals surface area (Å²) < 4.78 is 27.0. The van der Waals surface area contributed by atoms with E-state index in [1.807, 2.05) is 0 Å². The maximum atomic E-state index is 13.5. The minimum absolute atomic E-state index is 0.263. The van der Waals surface area contributed by atoms with E-state index >= 15 is 0 Å². The highest BCUT2D eigenvalue weighted by Gasteiger charge is 2.47. The molecular formula is C15H20F2N2. The third-order valence-corrected chi connectivity index (χ3v) is 5.10. The van der Waals surface area contributed by atoms with Crippen LogP contribution in [0.4, 0.5) is 8.78 Å². The monoisotopic (exact) mass is 266 g/mol. The van der Waals surface area contributed by atoms with E-state index in [2.05, 4.69) is 11.9 Å². The van der Waals surface area contributed by atoms with Crippen molar-refractivity contribution in [3.8, 4) is 0 Å². The first-order valence-electron chi connectivity index (χ1n) is 6.93. The minimum atomic E-state index is -0.505. The van der Waals surface area contributed by atoms with Crippen LogP contribution < -0.4 is 5.73 Å². The number of hydrogen-bond donors (Lipinski definition) is 1. The van der Waals surface area contributed by atoms with Gasteiger partial charge < -0.3 is 10.6 Å². The predicted molar refractivity (Wildman–Crippen MR) is 70.9 cm³/mol. The van der Waals surface area contributed by atoms with Crippen LogP contribution in [0.3, 0.4) is 0 Å². The van der Waals surface area contributed by atoms with E-state index in [0.29, 0.717) is 18.6 Å². The molecular weight excluding hydrogens is 246 g/mol. The second kappa shape index (κ2) is 4.53. The van der Waals surface area contributed by atoms with Crippen LogP contribution in [0.2, 0.25) is 0 Å². The molecule has 19 heavy (non-hydrogen) atoms. The summed E-state index contributed by atoms with van der Waals surface area (Å²) >= 11 is 0. The van der Waals surface area contributed by atoms with Gasteiger partial charge in [0.25, 0.3) is 0 Å². The molecule has 1 aromatic rings. The standard InChI is InChI=1S/C15H20F2N2/c1-19-13-2-3-14(19)8-15(7-13,9-18)10-4-11(16)6-12(17)5-10/h4-6,13-14H,2-3,7-9,18H2,1H3. The Morgan fingerprint density at radius 2 is 1.68 bits per heavy atom. The summed E-state index contributed by atoms with van der Waals surface area (Å²) in [5.41, 5.74) is 6.48. The Bertz CT molecular complexity index is 455. The molecule has 2 nitrogen and oxygen atoms in total. The van der Waals surface area contributed by atoms with Gasteiger partial charge in [0.2, 0.25) is 0 Å². The van der Waals surface area contributed by atoms with Gasteiger partial charge in [-0.15, -0.1) is 0 Å². The highest BCUT2D eigenvalue weighted by atomic mass is 19.1. The molecule has 0 aliphatic carbocycles. The SMILES string of the molecule is CN1C2CCC1CC(CN)(c1cc(F)cc(F)c1)C2. The minimum Gasteiger partial charge on any atom is -0.330 e. The lowest BCUT2D eigenvalue weighted by molar-refractivity contribution is 0.113. The number of piperidine rings is 1. The predicted octanol–water partition coefficient (Wildman–Crippen LogP) is 2.42. The van der Waals surface area contributed by atoms with Crippen molar-refractivity contribution in [2.24, 2.45) is 5.73 Å². The van der Waals surface area contributed by atoms with Gasteiger partial charge in [-0.1, -0.05) is 0 Å². The summed E-state index contributed by atoms with van der Waals surface area (Å²) in [6.45, 7) is 0.455. The average molecular weight is 266 g/mol.